The molecular formula is C25H33N5O5. The minimum absolute atomic E-state index is 0.0313. The Kier molecular flexibility index (Phi) is 8.26. The molecule has 1 saturated heterocycles. The molecule has 3 rings (SSSR count). The molecule has 3 amide bonds. The van der Waals surface area contributed by atoms with Crippen LogP contribution in [0.3, 0.4) is 0 Å². The van der Waals surface area contributed by atoms with E-state index < -0.39 is 5.97 Å². The summed E-state index contributed by atoms with van der Waals surface area (Å²) in [5.74, 6) is -0.122. The number of ether oxygens (including phenoxy) is 2. The van der Waals surface area contributed by atoms with Gasteiger partial charge < -0.3 is 24.6 Å². The zero-order valence-electron chi connectivity index (χ0n) is 21.1. The van der Waals surface area contributed by atoms with E-state index in [2.05, 4.69) is 15.3 Å². The van der Waals surface area contributed by atoms with Crippen LogP contribution < -0.4 is 10.1 Å². The van der Waals surface area contributed by atoms with Gasteiger partial charge in [-0.15, -0.1) is 0 Å². The summed E-state index contributed by atoms with van der Waals surface area (Å²) in [6.45, 7) is 10.6. The van der Waals surface area contributed by atoms with Crippen LogP contribution in [0.2, 0.25) is 0 Å². The Morgan fingerprint density at radius 1 is 1.17 bits per heavy atom. The summed E-state index contributed by atoms with van der Waals surface area (Å²) in [4.78, 5) is 51.0. The number of nitrogens with zero attached hydrogens (tertiary/aromatic N) is 4. The van der Waals surface area contributed by atoms with Crippen molar-refractivity contribution in [2.24, 2.45) is 0 Å². The number of hydrogen-bond donors (Lipinski definition) is 1. The third kappa shape index (κ3) is 5.70. The Hall–Kier alpha value is -3.69. The van der Waals surface area contributed by atoms with Gasteiger partial charge in [-0.1, -0.05) is 26.0 Å². The predicted molar refractivity (Wildman–Crippen MR) is 131 cm³/mol. The maximum atomic E-state index is 13.5. The number of anilines is 1. The number of rotatable bonds is 6. The molecule has 10 nitrogen and oxygen atoms in total. The molecule has 1 aliphatic rings. The number of para-hydroxylation sites is 2. The van der Waals surface area contributed by atoms with Gasteiger partial charge in [0.1, 0.15) is 22.8 Å². The van der Waals surface area contributed by atoms with Crippen molar-refractivity contribution in [1.29, 1.82) is 0 Å². The molecule has 1 aromatic heterocycles. The summed E-state index contributed by atoms with van der Waals surface area (Å²) in [5, 5.41) is 2.91. The number of benzene rings is 1. The number of nitrogens with one attached hydrogen (secondary N) is 1. The molecule has 1 N–H and O–H groups in total. The summed E-state index contributed by atoms with van der Waals surface area (Å²) in [7, 11) is 1.27. The second-order valence-electron chi connectivity index (χ2n) is 8.68. The normalized spacial score (nSPS) is 15.7. The number of urea groups is 1. The Balaban J connectivity index is 1.78. The Morgan fingerprint density at radius 3 is 2.51 bits per heavy atom. The molecule has 0 bridgehead atoms. The van der Waals surface area contributed by atoms with Crippen LogP contribution in [0, 0.1) is 6.92 Å². The molecule has 1 aliphatic heterocycles. The molecule has 2 heterocycles. The highest BCUT2D eigenvalue weighted by Crippen LogP contribution is 2.26. The van der Waals surface area contributed by atoms with Crippen molar-refractivity contribution in [2.45, 2.75) is 46.6 Å². The zero-order valence-corrected chi connectivity index (χ0v) is 21.1. The van der Waals surface area contributed by atoms with E-state index in [1.165, 1.54) is 7.11 Å². The van der Waals surface area contributed by atoms with Crippen molar-refractivity contribution in [3.8, 4) is 5.75 Å². The first-order valence-electron chi connectivity index (χ1n) is 11.7. The van der Waals surface area contributed by atoms with Gasteiger partial charge in [-0.3, -0.25) is 4.79 Å². The molecule has 1 fully saturated rings. The average molecular weight is 484 g/mol. The van der Waals surface area contributed by atoms with Gasteiger partial charge in [-0.05, 0) is 38.8 Å². The van der Waals surface area contributed by atoms with E-state index in [1.54, 1.807) is 28.9 Å². The maximum Gasteiger partial charge on any atom is 0.342 e. The first-order chi connectivity index (χ1) is 16.7. The van der Waals surface area contributed by atoms with Crippen LogP contribution in [0.25, 0.3) is 0 Å². The summed E-state index contributed by atoms with van der Waals surface area (Å²) in [5.41, 5.74) is 1.19. The van der Waals surface area contributed by atoms with Crippen LogP contribution in [-0.2, 0) is 4.74 Å². The Morgan fingerprint density at radius 2 is 1.89 bits per heavy atom. The highest BCUT2D eigenvalue weighted by Gasteiger charge is 2.34. The monoisotopic (exact) mass is 483 g/mol. The van der Waals surface area contributed by atoms with Crippen molar-refractivity contribution in [1.82, 2.24) is 19.8 Å². The van der Waals surface area contributed by atoms with Crippen molar-refractivity contribution < 1.29 is 23.9 Å². The lowest BCUT2D eigenvalue weighted by Crippen LogP contribution is -2.56. The van der Waals surface area contributed by atoms with Crippen molar-refractivity contribution in [2.75, 3.05) is 38.7 Å². The Bertz CT molecular complexity index is 1100. The molecule has 0 spiro atoms. The number of piperazine rings is 1. The highest BCUT2D eigenvalue weighted by molar-refractivity contribution is 6.05. The van der Waals surface area contributed by atoms with E-state index in [1.807, 2.05) is 39.8 Å². The van der Waals surface area contributed by atoms with Gasteiger partial charge in [0.25, 0.3) is 5.91 Å². The number of carbonyl (C=O) groups is 3. The summed E-state index contributed by atoms with van der Waals surface area (Å²) in [6, 6.07) is 6.72. The van der Waals surface area contributed by atoms with Crippen LogP contribution in [0.5, 0.6) is 5.75 Å². The van der Waals surface area contributed by atoms with Gasteiger partial charge in [0.2, 0.25) is 0 Å². The number of methoxy groups -OCH3 is 1. The largest absolute Gasteiger partial charge is 0.492 e. The number of aryl methyl sites for hydroxylation is 1. The molecule has 1 atom stereocenters. The third-order valence-electron chi connectivity index (χ3n) is 5.79. The van der Waals surface area contributed by atoms with Crippen molar-refractivity contribution in [3.63, 3.8) is 0 Å². The molecule has 0 aliphatic carbocycles. The topological polar surface area (TPSA) is 114 Å². The number of esters is 1. The van der Waals surface area contributed by atoms with Gasteiger partial charge in [0, 0.05) is 25.7 Å². The lowest BCUT2D eigenvalue weighted by Gasteiger charge is -2.39. The van der Waals surface area contributed by atoms with Gasteiger partial charge in [-0.2, -0.15) is 0 Å². The fourth-order valence-corrected chi connectivity index (χ4v) is 4.10. The number of amides is 3. The van der Waals surface area contributed by atoms with Crippen LogP contribution in [-0.4, -0.2) is 77.1 Å². The molecule has 2 aromatic rings. The van der Waals surface area contributed by atoms with Gasteiger partial charge in [0.05, 0.1) is 25.1 Å². The standard InChI is InChI=1S/C25H33N5O5/c1-7-35-19-11-9-8-10-18(19)28-25(33)30-13-12-29(14-16(30)4)23(31)22-20(24(32)34-6)21(15(2)3)26-17(5)27-22/h8-11,15-16H,7,12-14H2,1-6H3,(H,28,33). The molecule has 188 valence electrons. The van der Waals surface area contributed by atoms with Crippen LogP contribution in [0.15, 0.2) is 24.3 Å². The molecule has 0 saturated carbocycles. The maximum absolute atomic E-state index is 13.5. The first-order valence-corrected chi connectivity index (χ1v) is 11.7. The average Bonchev–Trinajstić information content (AvgIpc) is 2.83. The number of aromatic nitrogens is 2. The van der Waals surface area contributed by atoms with E-state index in [-0.39, 0.29) is 35.2 Å². The van der Waals surface area contributed by atoms with Crippen LogP contribution in [0.1, 0.15) is 66.0 Å². The van der Waals surface area contributed by atoms with E-state index in [0.29, 0.717) is 49.2 Å². The second kappa shape index (κ2) is 11.2. The van der Waals surface area contributed by atoms with E-state index in [9.17, 15) is 14.4 Å². The lowest BCUT2D eigenvalue weighted by atomic mass is 10.0. The fourth-order valence-electron chi connectivity index (χ4n) is 4.10. The summed E-state index contributed by atoms with van der Waals surface area (Å²) in [6.07, 6.45) is 0. The van der Waals surface area contributed by atoms with Crippen molar-refractivity contribution >= 4 is 23.6 Å². The molecule has 0 radical (unpaired) electrons. The van der Waals surface area contributed by atoms with Crippen LogP contribution >= 0.6 is 0 Å². The Labute approximate surface area is 205 Å². The SMILES string of the molecule is CCOc1ccccc1NC(=O)N1CCN(C(=O)c2nc(C)nc(C(C)C)c2C(=O)OC)CC1C. The number of carbonyl (C=O) groups excluding carboxylic acids is 3. The minimum Gasteiger partial charge on any atom is -0.492 e. The number of hydrogen-bond acceptors (Lipinski definition) is 7. The zero-order chi connectivity index (χ0) is 25.7. The predicted octanol–water partition coefficient (Wildman–Crippen LogP) is 3.47. The second-order valence-corrected chi connectivity index (χ2v) is 8.68. The van der Waals surface area contributed by atoms with E-state index in [4.69, 9.17) is 9.47 Å². The lowest BCUT2D eigenvalue weighted by molar-refractivity contribution is 0.0550. The molecule has 35 heavy (non-hydrogen) atoms. The van der Waals surface area contributed by atoms with Gasteiger partial charge >= 0.3 is 12.0 Å². The van der Waals surface area contributed by atoms with Crippen molar-refractivity contribution in [3.05, 3.63) is 47.0 Å². The molecule has 1 unspecified atom stereocenters. The first kappa shape index (κ1) is 25.9. The van der Waals surface area contributed by atoms with Crippen LogP contribution in [0.4, 0.5) is 10.5 Å². The molecular weight excluding hydrogens is 450 g/mol. The molecule has 10 heteroatoms. The third-order valence-corrected chi connectivity index (χ3v) is 5.79. The van der Waals surface area contributed by atoms with Gasteiger partial charge in [-0.25, -0.2) is 19.6 Å². The van der Waals surface area contributed by atoms with E-state index >= 15 is 0 Å². The summed E-state index contributed by atoms with van der Waals surface area (Å²) < 4.78 is 10.5. The highest BCUT2D eigenvalue weighted by atomic mass is 16.5. The van der Waals surface area contributed by atoms with Gasteiger partial charge in [0.15, 0.2) is 0 Å². The minimum atomic E-state index is -0.643. The van der Waals surface area contributed by atoms with E-state index in [0.717, 1.165) is 0 Å². The smallest absolute Gasteiger partial charge is 0.342 e. The summed E-state index contributed by atoms with van der Waals surface area (Å²) >= 11 is 0. The quantitative estimate of drug-likeness (QED) is 0.626. The molecule has 1 aromatic carbocycles. The fraction of sp³-hybridized carbons (Fsp3) is 0.480.